The number of carbonyl (C=O) groups excluding carboxylic acids is 1. The van der Waals surface area contributed by atoms with Gasteiger partial charge in [0.25, 0.3) is 5.91 Å². The predicted octanol–water partition coefficient (Wildman–Crippen LogP) is 1.35. The van der Waals surface area contributed by atoms with Crippen molar-refractivity contribution >= 4 is 5.91 Å². The Morgan fingerprint density at radius 3 is 3.00 bits per heavy atom. The van der Waals surface area contributed by atoms with Crippen molar-refractivity contribution in [2.24, 2.45) is 0 Å². The Morgan fingerprint density at radius 2 is 2.41 bits per heavy atom. The Balaban J connectivity index is 2.05. The van der Waals surface area contributed by atoms with Gasteiger partial charge in [-0.1, -0.05) is 0 Å². The minimum absolute atomic E-state index is 0.0210. The second-order valence-corrected chi connectivity index (χ2v) is 3.88. The summed E-state index contributed by atoms with van der Waals surface area (Å²) in [5.74, 6) is -0.698. The normalized spacial score (nSPS) is 19.1. The number of carbonyl (C=O) groups is 1. The summed E-state index contributed by atoms with van der Waals surface area (Å²) in [6.07, 6.45) is 0.796. The van der Waals surface area contributed by atoms with Crippen LogP contribution in [-0.4, -0.2) is 32.3 Å². The zero-order chi connectivity index (χ0) is 12.3. The molecule has 0 aliphatic carbocycles. The molecule has 1 saturated heterocycles. The van der Waals surface area contributed by atoms with E-state index in [4.69, 9.17) is 9.47 Å². The van der Waals surface area contributed by atoms with E-state index in [0.29, 0.717) is 13.2 Å². The van der Waals surface area contributed by atoms with Crippen LogP contribution in [0.5, 0.6) is 5.75 Å². The maximum Gasteiger partial charge on any atom is 0.251 e. The van der Waals surface area contributed by atoms with Crippen molar-refractivity contribution in [1.82, 2.24) is 5.32 Å². The molecule has 1 amide bonds. The molecule has 1 heterocycles. The van der Waals surface area contributed by atoms with Crippen molar-refractivity contribution in [3.63, 3.8) is 0 Å². The SMILES string of the molecule is COc1ccc(C(=O)N[C@@H]2CCOC2)cc1F. The Bertz CT molecular complexity index is 416. The maximum atomic E-state index is 13.4. The van der Waals surface area contributed by atoms with Crippen LogP contribution in [0.15, 0.2) is 18.2 Å². The molecule has 0 unspecified atom stereocenters. The summed E-state index contributed by atoms with van der Waals surface area (Å²) in [6.45, 7) is 1.17. The first-order valence-corrected chi connectivity index (χ1v) is 5.43. The first-order valence-electron chi connectivity index (χ1n) is 5.43. The monoisotopic (exact) mass is 239 g/mol. The largest absolute Gasteiger partial charge is 0.494 e. The van der Waals surface area contributed by atoms with Gasteiger partial charge in [0, 0.05) is 12.2 Å². The van der Waals surface area contributed by atoms with Crippen LogP contribution in [-0.2, 0) is 4.74 Å². The average molecular weight is 239 g/mol. The van der Waals surface area contributed by atoms with Crippen LogP contribution in [0.2, 0.25) is 0 Å². The van der Waals surface area contributed by atoms with Gasteiger partial charge >= 0.3 is 0 Å². The molecular weight excluding hydrogens is 225 g/mol. The zero-order valence-corrected chi connectivity index (χ0v) is 9.53. The van der Waals surface area contributed by atoms with E-state index in [1.165, 1.54) is 25.3 Å². The van der Waals surface area contributed by atoms with Crippen LogP contribution in [0.1, 0.15) is 16.8 Å². The summed E-state index contributed by atoms with van der Waals surface area (Å²) in [4.78, 5) is 11.8. The Hall–Kier alpha value is -1.62. The maximum absolute atomic E-state index is 13.4. The quantitative estimate of drug-likeness (QED) is 0.866. The summed E-state index contributed by atoms with van der Waals surface area (Å²) in [5, 5.41) is 2.79. The van der Waals surface area contributed by atoms with E-state index in [9.17, 15) is 9.18 Å². The minimum atomic E-state index is -0.539. The molecule has 1 fully saturated rings. The lowest BCUT2D eigenvalue weighted by Crippen LogP contribution is -2.35. The summed E-state index contributed by atoms with van der Waals surface area (Å²) in [6, 6.07) is 4.17. The zero-order valence-electron chi connectivity index (χ0n) is 9.53. The molecule has 5 heteroatoms. The number of amides is 1. The van der Waals surface area contributed by atoms with Crippen LogP contribution in [0.25, 0.3) is 0 Å². The second-order valence-electron chi connectivity index (χ2n) is 3.88. The van der Waals surface area contributed by atoms with Crippen molar-refractivity contribution < 1.29 is 18.7 Å². The van der Waals surface area contributed by atoms with Crippen molar-refractivity contribution in [3.8, 4) is 5.75 Å². The third-order valence-corrected chi connectivity index (χ3v) is 2.68. The van der Waals surface area contributed by atoms with E-state index < -0.39 is 5.82 Å². The Kier molecular flexibility index (Phi) is 3.58. The fraction of sp³-hybridized carbons (Fsp3) is 0.417. The van der Waals surface area contributed by atoms with Gasteiger partial charge in [-0.15, -0.1) is 0 Å². The van der Waals surface area contributed by atoms with Crippen molar-refractivity contribution in [3.05, 3.63) is 29.6 Å². The van der Waals surface area contributed by atoms with Crippen molar-refractivity contribution in [2.45, 2.75) is 12.5 Å². The van der Waals surface area contributed by atoms with Crippen LogP contribution < -0.4 is 10.1 Å². The van der Waals surface area contributed by atoms with Gasteiger partial charge in [0.1, 0.15) is 0 Å². The second kappa shape index (κ2) is 5.14. The standard InChI is InChI=1S/C12H14FNO3/c1-16-11-3-2-8(6-10(11)13)12(15)14-9-4-5-17-7-9/h2-3,6,9H,4-5,7H2,1H3,(H,14,15)/t9-/m1/s1. The van der Waals surface area contributed by atoms with Gasteiger partial charge in [-0.3, -0.25) is 4.79 Å². The third-order valence-electron chi connectivity index (χ3n) is 2.68. The number of benzene rings is 1. The molecule has 92 valence electrons. The van der Waals surface area contributed by atoms with Crippen LogP contribution in [0.4, 0.5) is 4.39 Å². The van der Waals surface area contributed by atoms with E-state index in [-0.39, 0.29) is 23.3 Å². The highest BCUT2D eigenvalue weighted by Gasteiger charge is 2.19. The van der Waals surface area contributed by atoms with Crippen LogP contribution in [0, 0.1) is 5.82 Å². The van der Waals surface area contributed by atoms with Gasteiger partial charge in [-0.05, 0) is 24.6 Å². The van der Waals surface area contributed by atoms with Crippen molar-refractivity contribution in [2.75, 3.05) is 20.3 Å². The molecule has 17 heavy (non-hydrogen) atoms. The first-order chi connectivity index (χ1) is 8.20. The van der Waals surface area contributed by atoms with Gasteiger partial charge < -0.3 is 14.8 Å². The number of methoxy groups -OCH3 is 1. The lowest BCUT2D eigenvalue weighted by Gasteiger charge is -2.11. The highest BCUT2D eigenvalue weighted by molar-refractivity contribution is 5.94. The average Bonchev–Trinajstić information content (AvgIpc) is 2.81. The smallest absolute Gasteiger partial charge is 0.251 e. The molecule has 0 saturated carbocycles. The van der Waals surface area contributed by atoms with Gasteiger partial charge in [0.15, 0.2) is 11.6 Å². The Labute approximate surface area is 98.7 Å². The lowest BCUT2D eigenvalue weighted by atomic mass is 10.1. The summed E-state index contributed by atoms with van der Waals surface area (Å²) in [5.41, 5.74) is 0.287. The fourth-order valence-corrected chi connectivity index (χ4v) is 1.72. The van der Waals surface area contributed by atoms with Gasteiger partial charge in [0.05, 0.1) is 19.8 Å². The number of hydrogen-bond donors (Lipinski definition) is 1. The Morgan fingerprint density at radius 1 is 1.59 bits per heavy atom. The van der Waals surface area contributed by atoms with Gasteiger partial charge in [0.2, 0.25) is 0 Å². The molecule has 4 nitrogen and oxygen atoms in total. The molecule has 1 aromatic rings. The topological polar surface area (TPSA) is 47.6 Å². The summed E-state index contributed by atoms with van der Waals surface area (Å²) >= 11 is 0. The van der Waals surface area contributed by atoms with E-state index >= 15 is 0 Å². The molecule has 1 aliphatic heterocycles. The summed E-state index contributed by atoms with van der Waals surface area (Å²) in [7, 11) is 1.38. The highest BCUT2D eigenvalue weighted by Crippen LogP contribution is 2.17. The number of ether oxygens (including phenoxy) is 2. The fourth-order valence-electron chi connectivity index (χ4n) is 1.72. The van der Waals surface area contributed by atoms with E-state index in [2.05, 4.69) is 5.32 Å². The van der Waals surface area contributed by atoms with E-state index in [0.717, 1.165) is 6.42 Å². The molecule has 1 aliphatic rings. The highest BCUT2D eigenvalue weighted by atomic mass is 19.1. The van der Waals surface area contributed by atoms with Crippen LogP contribution in [0.3, 0.4) is 0 Å². The van der Waals surface area contributed by atoms with E-state index in [1.807, 2.05) is 0 Å². The van der Waals surface area contributed by atoms with Crippen molar-refractivity contribution in [1.29, 1.82) is 0 Å². The van der Waals surface area contributed by atoms with E-state index in [1.54, 1.807) is 0 Å². The summed E-state index contributed by atoms with van der Waals surface area (Å²) < 4.78 is 23.3. The number of halogens is 1. The van der Waals surface area contributed by atoms with Gasteiger partial charge in [-0.2, -0.15) is 0 Å². The first kappa shape index (κ1) is 11.9. The molecule has 0 aromatic heterocycles. The van der Waals surface area contributed by atoms with Gasteiger partial charge in [-0.25, -0.2) is 4.39 Å². The number of hydrogen-bond acceptors (Lipinski definition) is 3. The number of rotatable bonds is 3. The molecule has 1 atom stereocenters. The molecule has 0 bridgehead atoms. The molecule has 0 radical (unpaired) electrons. The molecule has 1 aromatic carbocycles. The molecular formula is C12H14FNO3. The van der Waals surface area contributed by atoms with Crippen LogP contribution >= 0.6 is 0 Å². The molecule has 1 N–H and O–H groups in total. The molecule has 2 rings (SSSR count). The third kappa shape index (κ3) is 2.74. The lowest BCUT2D eigenvalue weighted by molar-refractivity contribution is 0.0929. The number of nitrogens with one attached hydrogen (secondary N) is 1. The minimum Gasteiger partial charge on any atom is -0.494 e. The molecule has 0 spiro atoms. The predicted molar refractivity (Wildman–Crippen MR) is 59.6 cm³/mol.